The highest BCUT2D eigenvalue weighted by atomic mass is 16.5. The Morgan fingerprint density at radius 1 is 1.35 bits per heavy atom. The Labute approximate surface area is 106 Å². The molecule has 0 aromatic carbocycles. The molecule has 0 saturated carbocycles. The number of hydrogen-bond donors (Lipinski definition) is 1. The van der Waals surface area contributed by atoms with Gasteiger partial charge < -0.3 is 14.8 Å². The molecular formula is C14H27NO2. The number of nitrogens with one attached hydrogen (secondary N) is 1. The molecule has 0 amide bonds. The lowest BCUT2D eigenvalue weighted by molar-refractivity contribution is 0.0713. The number of hydrogen-bond acceptors (Lipinski definition) is 3. The van der Waals surface area contributed by atoms with Crippen LogP contribution in [0.1, 0.15) is 33.1 Å². The second-order valence-corrected chi connectivity index (χ2v) is 5.13. The molecule has 17 heavy (non-hydrogen) atoms. The van der Waals surface area contributed by atoms with Crippen LogP contribution in [0.4, 0.5) is 0 Å². The SMILES string of the molecule is C=COCCOCCC1CCNC(C(C)C)C1. The predicted octanol–water partition coefficient (Wildman–Crippen LogP) is 2.58. The first kappa shape index (κ1) is 14.5. The molecule has 0 spiro atoms. The maximum absolute atomic E-state index is 5.54. The average molecular weight is 241 g/mol. The summed E-state index contributed by atoms with van der Waals surface area (Å²) in [6, 6.07) is 0.692. The molecule has 100 valence electrons. The zero-order valence-electron chi connectivity index (χ0n) is 11.3. The minimum absolute atomic E-state index is 0.615. The van der Waals surface area contributed by atoms with Crippen molar-refractivity contribution in [2.24, 2.45) is 11.8 Å². The molecule has 0 aromatic rings. The molecule has 0 bridgehead atoms. The zero-order valence-corrected chi connectivity index (χ0v) is 11.3. The normalized spacial score (nSPS) is 24.9. The van der Waals surface area contributed by atoms with Crippen molar-refractivity contribution in [1.82, 2.24) is 5.32 Å². The van der Waals surface area contributed by atoms with E-state index in [0.717, 1.165) is 25.0 Å². The van der Waals surface area contributed by atoms with Gasteiger partial charge in [0.1, 0.15) is 6.61 Å². The van der Waals surface area contributed by atoms with Crippen molar-refractivity contribution in [1.29, 1.82) is 0 Å². The van der Waals surface area contributed by atoms with Gasteiger partial charge in [-0.3, -0.25) is 0 Å². The minimum atomic E-state index is 0.615. The molecule has 3 nitrogen and oxygen atoms in total. The Balaban J connectivity index is 2.04. The van der Waals surface area contributed by atoms with Crippen LogP contribution in [0.2, 0.25) is 0 Å². The van der Waals surface area contributed by atoms with Crippen molar-refractivity contribution in [3.8, 4) is 0 Å². The molecule has 0 aromatic heterocycles. The van der Waals surface area contributed by atoms with Crippen LogP contribution in [0, 0.1) is 11.8 Å². The van der Waals surface area contributed by atoms with Gasteiger partial charge in [0.15, 0.2) is 0 Å². The fourth-order valence-corrected chi connectivity index (χ4v) is 2.35. The van der Waals surface area contributed by atoms with E-state index in [1.54, 1.807) is 0 Å². The van der Waals surface area contributed by atoms with Crippen LogP contribution in [0.5, 0.6) is 0 Å². The van der Waals surface area contributed by atoms with Crippen LogP contribution in [0.15, 0.2) is 12.8 Å². The fourth-order valence-electron chi connectivity index (χ4n) is 2.35. The van der Waals surface area contributed by atoms with Gasteiger partial charge in [-0.25, -0.2) is 0 Å². The van der Waals surface area contributed by atoms with E-state index in [1.807, 2.05) is 0 Å². The van der Waals surface area contributed by atoms with Gasteiger partial charge in [0.05, 0.1) is 12.9 Å². The van der Waals surface area contributed by atoms with E-state index in [0.29, 0.717) is 19.3 Å². The first-order valence-electron chi connectivity index (χ1n) is 6.77. The highest BCUT2D eigenvalue weighted by Gasteiger charge is 2.23. The van der Waals surface area contributed by atoms with Gasteiger partial charge in [0.25, 0.3) is 0 Å². The zero-order chi connectivity index (χ0) is 12.5. The van der Waals surface area contributed by atoms with Gasteiger partial charge in [-0.2, -0.15) is 0 Å². The van der Waals surface area contributed by atoms with Crippen LogP contribution in [0.3, 0.4) is 0 Å². The number of rotatable bonds is 8. The molecule has 1 rings (SSSR count). The van der Waals surface area contributed by atoms with Crippen LogP contribution >= 0.6 is 0 Å². The fraction of sp³-hybridized carbons (Fsp3) is 0.857. The monoisotopic (exact) mass is 241 g/mol. The molecule has 1 aliphatic rings. The van der Waals surface area contributed by atoms with E-state index in [-0.39, 0.29) is 0 Å². The van der Waals surface area contributed by atoms with E-state index < -0.39 is 0 Å². The van der Waals surface area contributed by atoms with Crippen LogP contribution in [-0.4, -0.2) is 32.4 Å². The Morgan fingerprint density at radius 2 is 2.18 bits per heavy atom. The average Bonchev–Trinajstić information content (AvgIpc) is 2.34. The Kier molecular flexibility index (Phi) is 7.29. The summed E-state index contributed by atoms with van der Waals surface area (Å²) in [5.74, 6) is 1.56. The lowest BCUT2D eigenvalue weighted by Gasteiger charge is -2.32. The lowest BCUT2D eigenvalue weighted by Crippen LogP contribution is -2.41. The van der Waals surface area contributed by atoms with E-state index in [1.165, 1.54) is 25.5 Å². The molecule has 1 heterocycles. The summed E-state index contributed by atoms with van der Waals surface area (Å²) < 4.78 is 10.5. The summed E-state index contributed by atoms with van der Waals surface area (Å²) in [4.78, 5) is 0. The minimum Gasteiger partial charge on any atom is -0.499 e. The molecule has 3 heteroatoms. The summed E-state index contributed by atoms with van der Waals surface area (Å²) >= 11 is 0. The Morgan fingerprint density at radius 3 is 2.88 bits per heavy atom. The standard InChI is InChI=1S/C14H27NO2/c1-4-16-9-10-17-8-6-13-5-7-15-14(11-13)12(2)3/h4,12-15H,1,5-11H2,2-3H3. The Bertz CT molecular complexity index is 206. The van der Waals surface area contributed by atoms with Crippen molar-refractivity contribution in [2.45, 2.75) is 39.2 Å². The molecule has 1 saturated heterocycles. The third kappa shape index (κ3) is 6.08. The number of piperidine rings is 1. The van der Waals surface area contributed by atoms with E-state index in [9.17, 15) is 0 Å². The van der Waals surface area contributed by atoms with Crippen molar-refractivity contribution < 1.29 is 9.47 Å². The van der Waals surface area contributed by atoms with Crippen molar-refractivity contribution in [2.75, 3.05) is 26.4 Å². The van der Waals surface area contributed by atoms with Gasteiger partial charge in [-0.1, -0.05) is 20.4 Å². The Hall–Kier alpha value is -0.540. The first-order chi connectivity index (χ1) is 8.24. The van der Waals surface area contributed by atoms with Gasteiger partial charge in [0.2, 0.25) is 0 Å². The summed E-state index contributed by atoms with van der Waals surface area (Å²) in [6.07, 6.45) is 5.22. The number of ether oxygens (including phenoxy) is 2. The first-order valence-corrected chi connectivity index (χ1v) is 6.77. The topological polar surface area (TPSA) is 30.5 Å². The molecule has 1 fully saturated rings. The van der Waals surface area contributed by atoms with Crippen LogP contribution < -0.4 is 5.32 Å². The molecule has 1 aliphatic heterocycles. The third-order valence-corrected chi connectivity index (χ3v) is 3.48. The van der Waals surface area contributed by atoms with Crippen LogP contribution in [0.25, 0.3) is 0 Å². The maximum Gasteiger partial charge on any atom is 0.111 e. The maximum atomic E-state index is 5.54. The third-order valence-electron chi connectivity index (χ3n) is 3.48. The summed E-state index contributed by atoms with van der Waals surface area (Å²) in [5, 5.41) is 3.59. The second kappa shape index (κ2) is 8.54. The molecule has 1 N–H and O–H groups in total. The molecule has 0 radical (unpaired) electrons. The highest BCUT2D eigenvalue weighted by Crippen LogP contribution is 2.23. The highest BCUT2D eigenvalue weighted by molar-refractivity contribution is 4.80. The summed E-state index contributed by atoms with van der Waals surface area (Å²) in [5.41, 5.74) is 0. The molecular weight excluding hydrogens is 214 g/mol. The summed E-state index contributed by atoms with van der Waals surface area (Å²) in [7, 11) is 0. The lowest BCUT2D eigenvalue weighted by atomic mass is 9.85. The molecule has 2 atom stereocenters. The molecule has 2 unspecified atom stereocenters. The molecule has 0 aliphatic carbocycles. The van der Waals surface area contributed by atoms with Crippen LogP contribution in [-0.2, 0) is 9.47 Å². The van der Waals surface area contributed by atoms with E-state index in [2.05, 4.69) is 25.7 Å². The van der Waals surface area contributed by atoms with Gasteiger partial charge in [-0.05, 0) is 37.6 Å². The quantitative estimate of drug-likeness (QED) is 0.523. The largest absolute Gasteiger partial charge is 0.499 e. The predicted molar refractivity (Wildman–Crippen MR) is 70.9 cm³/mol. The van der Waals surface area contributed by atoms with Crippen molar-refractivity contribution in [3.63, 3.8) is 0 Å². The van der Waals surface area contributed by atoms with Crippen molar-refractivity contribution >= 4 is 0 Å². The smallest absolute Gasteiger partial charge is 0.111 e. The van der Waals surface area contributed by atoms with E-state index in [4.69, 9.17) is 9.47 Å². The van der Waals surface area contributed by atoms with Gasteiger partial charge in [-0.15, -0.1) is 0 Å². The van der Waals surface area contributed by atoms with Gasteiger partial charge in [0, 0.05) is 12.6 Å². The summed E-state index contributed by atoms with van der Waals surface area (Å²) in [6.45, 7) is 11.4. The van der Waals surface area contributed by atoms with Crippen molar-refractivity contribution in [3.05, 3.63) is 12.8 Å². The second-order valence-electron chi connectivity index (χ2n) is 5.13. The van der Waals surface area contributed by atoms with Gasteiger partial charge >= 0.3 is 0 Å². The van der Waals surface area contributed by atoms with E-state index >= 15 is 0 Å².